The van der Waals surface area contributed by atoms with E-state index in [4.69, 9.17) is 10.8 Å². The standard InChI is InChI=1S/C13H17FN2O3/c1-7-2-3-16(6-12(7)17)11-5-9(14)8(13(18)19)4-10(11)15/h4-5,7,12,17H,2-3,6,15H2,1H3,(H,18,19). The van der Waals surface area contributed by atoms with Crippen LogP contribution in [0.1, 0.15) is 23.7 Å². The minimum atomic E-state index is -1.34. The summed E-state index contributed by atoms with van der Waals surface area (Å²) >= 11 is 0. The van der Waals surface area contributed by atoms with E-state index in [1.165, 1.54) is 0 Å². The summed E-state index contributed by atoms with van der Waals surface area (Å²) in [4.78, 5) is 12.6. The first-order chi connectivity index (χ1) is 8.90. The van der Waals surface area contributed by atoms with Gasteiger partial charge in [-0.05, 0) is 18.4 Å². The van der Waals surface area contributed by atoms with Crippen molar-refractivity contribution >= 4 is 17.3 Å². The number of β-amino-alcohol motifs (C(OH)–C–C–N with tert-alkyl or cyclic N) is 1. The number of halogens is 1. The van der Waals surface area contributed by atoms with E-state index in [1.54, 1.807) is 4.90 Å². The fraction of sp³-hybridized carbons (Fsp3) is 0.462. The monoisotopic (exact) mass is 268 g/mol. The Labute approximate surface area is 110 Å². The number of aliphatic hydroxyl groups is 1. The fourth-order valence-corrected chi connectivity index (χ4v) is 2.28. The Balaban J connectivity index is 2.31. The molecule has 1 aliphatic heterocycles. The minimum Gasteiger partial charge on any atom is -0.478 e. The number of anilines is 2. The van der Waals surface area contributed by atoms with Crippen molar-refractivity contribution in [2.45, 2.75) is 19.4 Å². The van der Waals surface area contributed by atoms with E-state index < -0.39 is 23.5 Å². The van der Waals surface area contributed by atoms with Crippen molar-refractivity contribution < 1.29 is 19.4 Å². The molecule has 0 amide bonds. The molecule has 1 saturated heterocycles. The number of carboxylic acids is 1. The van der Waals surface area contributed by atoms with Gasteiger partial charge < -0.3 is 20.8 Å². The molecule has 2 unspecified atom stereocenters. The quantitative estimate of drug-likeness (QED) is 0.704. The Morgan fingerprint density at radius 1 is 1.53 bits per heavy atom. The van der Waals surface area contributed by atoms with Crippen LogP contribution in [-0.2, 0) is 0 Å². The van der Waals surface area contributed by atoms with Crippen LogP contribution in [0.25, 0.3) is 0 Å². The van der Waals surface area contributed by atoms with E-state index in [-0.39, 0.29) is 11.6 Å². The normalized spacial score (nSPS) is 23.4. The molecule has 1 fully saturated rings. The van der Waals surface area contributed by atoms with Gasteiger partial charge in [0.25, 0.3) is 0 Å². The summed E-state index contributed by atoms with van der Waals surface area (Å²) in [6, 6.07) is 2.25. The number of nitrogen functional groups attached to an aromatic ring is 1. The Morgan fingerprint density at radius 3 is 2.79 bits per heavy atom. The molecule has 0 saturated carbocycles. The maximum Gasteiger partial charge on any atom is 0.338 e. The zero-order chi connectivity index (χ0) is 14.2. The molecule has 1 aromatic rings. The number of hydrogen-bond donors (Lipinski definition) is 3. The van der Waals surface area contributed by atoms with Crippen LogP contribution in [0.15, 0.2) is 12.1 Å². The highest BCUT2D eigenvalue weighted by molar-refractivity contribution is 5.91. The molecule has 2 rings (SSSR count). The first-order valence-corrected chi connectivity index (χ1v) is 6.15. The summed E-state index contributed by atoms with van der Waals surface area (Å²) in [5.41, 5.74) is 6.00. The molecule has 4 N–H and O–H groups in total. The van der Waals surface area contributed by atoms with Crippen molar-refractivity contribution in [3.8, 4) is 0 Å². The third kappa shape index (κ3) is 2.63. The number of piperidine rings is 1. The summed E-state index contributed by atoms with van der Waals surface area (Å²) in [5, 5.41) is 18.7. The topological polar surface area (TPSA) is 86.8 Å². The average Bonchev–Trinajstić information content (AvgIpc) is 2.35. The van der Waals surface area contributed by atoms with Crippen LogP contribution in [0.5, 0.6) is 0 Å². The average molecular weight is 268 g/mol. The van der Waals surface area contributed by atoms with Crippen LogP contribution < -0.4 is 10.6 Å². The van der Waals surface area contributed by atoms with E-state index >= 15 is 0 Å². The van der Waals surface area contributed by atoms with Gasteiger partial charge in [-0.25, -0.2) is 9.18 Å². The van der Waals surface area contributed by atoms with Crippen molar-refractivity contribution in [1.82, 2.24) is 0 Å². The maximum atomic E-state index is 13.7. The smallest absolute Gasteiger partial charge is 0.338 e. The molecule has 0 radical (unpaired) electrons. The fourth-order valence-electron chi connectivity index (χ4n) is 2.28. The van der Waals surface area contributed by atoms with Crippen molar-refractivity contribution in [2.75, 3.05) is 23.7 Å². The van der Waals surface area contributed by atoms with Gasteiger partial charge in [0.2, 0.25) is 0 Å². The molecule has 5 nitrogen and oxygen atoms in total. The number of nitrogens with zero attached hydrogens (tertiary/aromatic N) is 1. The van der Waals surface area contributed by atoms with Crippen molar-refractivity contribution in [3.63, 3.8) is 0 Å². The molecule has 0 aliphatic carbocycles. The molecule has 0 bridgehead atoms. The molecular weight excluding hydrogens is 251 g/mol. The molecule has 0 aromatic heterocycles. The Kier molecular flexibility index (Phi) is 3.61. The largest absolute Gasteiger partial charge is 0.478 e. The second kappa shape index (κ2) is 5.05. The molecule has 104 valence electrons. The Morgan fingerprint density at radius 2 is 2.21 bits per heavy atom. The van der Waals surface area contributed by atoms with Gasteiger partial charge >= 0.3 is 5.97 Å². The molecule has 1 heterocycles. The third-order valence-electron chi connectivity index (χ3n) is 3.61. The summed E-state index contributed by atoms with van der Waals surface area (Å²) in [5.74, 6) is -1.96. The predicted octanol–water partition coefficient (Wildman–Crippen LogP) is 1.31. The van der Waals surface area contributed by atoms with E-state index in [9.17, 15) is 14.3 Å². The van der Waals surface area contributed by atoms with E-state index in [0.29, 0.717) is 18.8 Å². The highest BCUT2D eigenvalue weighted by atomic mass is 19.1. The van der Waals surface area contributed by atoms with Gasteiger partial charge in [-0.15, -0.1) is 0 Å². The van der Waals surface area contributed by atoms with Crippen LogP contribution >= 0.6 is 0 Å². The minimum absolute atomic E-state index is 0.195. The van der Waals surface area contributed by atoms with E-state index in [2.05, 4.69) is 0 Å². The SMILES string of the molecule is CC1CCN(c2cc(F)c(C(=O)O)cc2N)CC1O. The van der Waals surface area contributed by atoms with Gasteiger partial charge in [-0.2, -0.15) is 0 Å². The number of nitrogens with two attached hydrogens (primary N) is 1. The second-order valence-electron chi connectivity index (χ2n) is 4.98. The van der Waals surface area contributed by atoms with E-state index in [1.807, 2.05) is 6.92 Å². The highest BCUT2D eigenvalue weighted by Crippen LogP contribution is 2.30. The summed E-state index contributed by atoms with van der Waals surface area (Å²) < 4.78 is 13.7. The van der Waals surface area contributed by atoms with Crippen molar-refractivity contribution in [3.05, 3.63) is 23.5 Å². The van der Waals surface area contributed by atoms with Crippen LogP contribution in [0, 0.1) is 11.7 Å². The Bertz CT molecular complexity index is 507. The number of aliphatic hydroxyl groups excluding tert-OH is 1. The van der Waals surface area contributed by atoms with Crippen LogP contribution in [-0.4, -0.2) is 35.4 Å². The summed E-state index contributed by atoms with van der Waals surface area (Å²) in [6.45, 7) is 2.99. The molecule has 1 aliphatic rings. The van der Waals surface area contributed by atoms with E-state index in [0.717, 1.165) is 18.6 Å². The number of rotatable bonds is 2. The number of benzene rings is 1. The van der Waals surface area contributed by atoms with Gasteiger partial charge in [-0.1, -0.05) is 6.92 Å². The third-order valence-corrected chi connectivity index (χ3v) is 3.61. The maximum absolute atomic E-state index is 13.7. The summed E-state index contributed by atoms with van der Waals surface area (Å²) in [6.07, 6.45) is 0.290. The number of carbonyl (C=O) groups is 1. The highest BCUT2D eigenvalue weighted by Gasteiger charge is 2.26. The lowest BCUT2D eigenvalue weighted by Crippen LogP contribution is -2.43. The zero-order valence-electron chi connectivity index (χ0n) is 10.6. The summed E-state index contributed by atoms with van der Waals surface area (Å²) in [7, 11) is 0. The molecule has 6 heteroatoms. The van der Waals surface area contributed by atoms with Gasteiger partial charge in [0.1, 0.15) is 5.82 Å². The lowest BCUT2D eigenvalue weighted by Gasteiger charge is -2.36. The zero-order valence-corrected chi connectivity index (χ0v) is 10.6. The van der Waals surface area contributed by atoms with Gasteiger partial charge in [0.15, 0.2) is 0 Å². The van der Waals surface area contributed by atoms with Crippen LogP contribution in [0.3, 0.4) is 0 Å². The number of aromatic carboxylic acids is 1. The van der Waals surface area contributed by atoms with Crippen LogP contribution in [0.2, 0.25) is 0 Å². The lowest BCUT2D eigenvalue weighted by atomic mass is 9.95. The van der Waals surface area contributed by atoms with Crippen molar-refractivity contribution in [1.29, 1.82) is 0 Å². The van der Waals surface area contributed by atoms with Crippen molar-refractivity contribution in [2.24, 2.45) is 5.92 Å². The molecule has 19 heavy (non-hydrogen) atoms. The number of carboxylic acid groups (broad SMARTS) is 1. The van der Waals surface area contributed by atoms with Crippen LogP contribution in [0.4, 0.5) is 15.8 Å². The van der Waals surface area contributed by atoms with Gasteiger partial charge in [0.05, 0.1) is 23.0 Å². The second-order valence-corrected chi connectivity index (χ2v) is 4.98. The van der Waals surface area contributed by atoms with Gasteiger partial charge in [0, 0.05) is 19.2 Å². The molecule has 1 aromatic carbocycles. The number of hydrogen-bond acceptors (Lipinski definition) is 4. The lowest BCUT2D eigenvalue weighted by molar-refractivity contribution is 0.0692. The Hall–Kier alpha value is -1.82. The molecule has 2 atom stereocenters. The first-order valence-electron chi connectivity index (χ1n) is 6.15. The van der Waals surface area contributed by atoms with Gasteiger partial charge in [-0.3, -0.25) is 0 Å². The molecular formula is C13H17FN2O3. The molecule has 0 spiro atoms. The predicted molar refractivity (Wildman–Crippen MR) is 69.8 cm³/mol. The first kappa shape index (κ1) is 13.6.